The van der Waals surface area contributed by atoms with Gasteiger partial charge in [-0.15, -0.1) is 10.2 Å². The van der Waals surface area contributed by atoms with E-state index >= 15 is 0 Å². The van der Waals surface area contributed by atoms with Gasteiger partial charge in [-0.3, -0.25) is 9.59 Å². The van der Waals surface area contributed by atoms with Crippen molar-refractivity contribution in [3.8, 4) is 5.75 Å². The summed E-state index contributed by atoms with van der Waals surface area (Å²) in [6.07, 6.45) is 1.77. The number of amides is 2. The third kappa shape index (κ3) is 4.91. The summed E-state index contributed by atoms with van der Waals surface area (Å²) in [7, 11) is 1.63. The standard InChI is InChI=1S/C23H24N4O3S/c1-3-15-4-8-18(9-5-15)27-14-17(13-21(27)28)22(29)24-23-26-25-20(31-23)12-16-6-10-19(30-2)11-7-16/h4-11,17H,3,12-14H2,1-2H3,(H,24,26,29). The Balaban J connectivity index is 1.35. The number of nitrogens with zero attached hydrogens (tertiary/aromatic N) is 3. The molecule has 1 aliphatic heterocycles. The van der Waals surface area contributed by atoms with Crippen molar-refractivity contribution in [1.29, 1.82) is 0 Å². The van der Waals surface area contributed by atoms with Crippen LogP contribution in [0.1, 0.15) is 29.5 Å². The quantitative estimate of drug-likeness (QED) is 0.611. The van der Waals surface area contributed by atoms with E-state index in [9.17, 15) is 9.59 Å². The molecule has 3 aromatic rings. The molecule has 0 saturated carbocycles. The number of hydrogen-bond acceptors (Lipinski definition) is 6. The van der Waals surface area contributed by atoms with E-state index in [0.717, 1.165) is 28.4 Å². The summed E-state index contributed by atoms with van der Waals surface area (Å²) >= 11 is 1.34. The van der Waals surface area contributed by atoms with Gasteiger partial charge in [-0.05, 0) is 41.8 Å². The Morgan fingerprint density at radius 3 is 2.52 bits per heavy atom. The highest BCUT2D eigenvalue weighted by Crippen LogP contribution is 2.27. The fourth-order valence-electron chi connectivity index (χ4n) is 3.55. The van der Waals surface area contributed by atoms with E-state index in [0.29, 0.717) is 18.1 Å². The predicted octanol–water partition coefficient (Wildman–Crippen LogP) is 3.69. The van der Waals surface area contributed by atoms with Gasteiger partial charge in [0.25, 0.3) is 0 Å². The second kappa shape index (κ2) is 9.26. The van der Waals surface area contributed by atoms with Crippen molar-refractivity contribution in [1.82, 2.24) is 10.2 Å². The molecule has 0 bridgehead atoms. The van der Waals surface area contributed by atoms with Crippen LogP contribution in [0.15, 0.2) is 48.5 Å². The summed E-state index contributed by atoms with van der Waals surface area (Å²) in [6.45, 7) is 2.46. The minimum Gasteiger partial charge on any atom is -0.497 e. The molecule has 1 N–H and O–H groups in total. The molecule has 1 fully saturated rings. The number of rotatable bonds is 7. The number of hydrogen-bond donors (Lipinski definition) is 1. The molecule has 7 nitrogen and oxygen atoms in total. The van der Waals surface area contributed by atoms with E-state index in [1.54, 1.807) is 12.0 Å². The van der Waals surface area contributed by atoms with Gasteiger partial charge >= 0.3 is 0 Å². The van der Waals surface area contributed by atoms with Crippen molar-refractivity contribution in [3.05, 3.63) is 64.7 Å². The molecule has 0 spiro atoms. The maximum atomic E-state index is 12.7. The predicted molar refractivity (Wildman–Crippen MR) is 121 cm³/mol. The van der Waals surface area contributed by atoms with Gasteiger partial charge in [0.2, 0.25) is 16.9 Å². The first-order valence-electron chi connectivity index (χ1n) is 10.2. The summed E-state index contributed by atoms with van der Waals surface area (Å²) < 4.78 is 5.17. The fraction of sp³-hybridized carbons (Fsp3) is 0.304. The van der Waals surface area contributed by atoms with Crippen molar-refractivity contribution in [3.63, 3.8) is 0 Å². The van der Waals surface area contributed by atoms with Crippen molar-refractivity contribution in [2.24, 2.45) is 5.92 Å². The van der Waals surface area contributed by atoms with E-state index in [4.69, 9.17) is 4.74 Å². The Kier molecular flexibility index (Phi) is 6.27. The Morgan fingerprint density at radius 1 is 1.13 bits per heavy atom. The van der Waals surface area contributed by atoms with Crippen molar-refractivity contribution in [2.75, 3.05) is 23.9 Å². The minimum absolute atomic E-state index is 0.0399. The smallest absolute Gasteiger partial charge is 0.231 e. The van der Waals surface area contributed by atoms with Gasteiger partial charge in [-0.1, -0.05) is 42.5 Å². The average molecular weight is 437 g/mol. The van der Waals surface area contributed by atoms with Crippen LogP contribution < -0.4 is 15.0 Å². The zero-order chi connectivity index (χ0) is 21.8. The van der Waals surface area contributed by atoms with E-state index < -0.39 is 5.92 Å². The highest BCUT2D eigenvalue weighted by Gasteiger charge is 2.35. The third-order valence-electron chi connectivity index (χ3n) is 5.36. The lowest BCUT2D eigenvalue weighted by Crippen LogP contribution is -2.28. The molecule has 2 amide bonds. The molecule has 2 aromatic carbocycles. The summed E-state index contributed by atoms with van der Waals surface area (Å²) in [5.74, 6) is 0.151. The van der Waals surface area contributed by atoms with Gasteiger partial charge in [-0.2, -0.15) is 0 Å². The summed E-state index contributed by atoms with van der Waals surface area (Å²) in [4.78, 5) is 26.9. The second-order valence-corrected chi connectivity index (χ2v) is 8.50. The van der Waals surface area contributed by atoms with Crippen LogP contribution in [-0.4, -0.2) is 35.7 Å². The minimum atomic E-state index is -0.410. The lowest BCUT2D eigenvalue weighted by atomic mass is 10.1. The summed E-state index contributed by atoms with van der Waals surface area (Å²) in [6, 6.07) is 15.7. The van der Waals surface area contributed by atoms with Crippen molar-refractivity contribution < 1.29 is 14.3 Å². The number of anilines is 2. The van der Waals surface area contributed by atoms with E-state index in [-0.39, 0.29) is 18.2 Å². The molecule has 8 heteroatoms. The monoisotopic (exact) mass is 436 g/mol. The first kappa shape index (κ1) is 21.0. The second-order valence-electron chi connectivity index (χ2n) is 7.44. The number of benzene rings is 2. The molecule has 0 aliphatic carbocycles. The number of methoxy groups -OCH3 is 1. The molecular formula is C23H24N4O3S. The van der Waals surface area contributed by atoms with Crippen LogP contribution in [0.2, 0.25) is 0 Å². The Hall–Kier alpha value is -3.26. The third-order valence-corrected chi connectivity index (χ3v) is 6.20. The number of aryl methyl sites for hydroxylation is 1. The van der Waals surface area contributed by atoms with Gasteiger partial charge in [0.15, 0.2) is 0 Å². The fourth-order valence-corrected chi connectivity index (χ4v) is 4.32. The molecule has 4 rings (SSSR count). The van der Waals surface area contributed by atoms with Crippen LogP contribution in [0.4, 0.5) is 10.8 Å². The number of ether oxygens (including phenoxy) is 1. The summed E-state index contributed by atoms with van der Waals surface area (Å²) in [5.41, 5.74) is 3.13. The van der Waals surface area contributed by atoms with Crippen LogP contribution in [-0.2, 0) is 22.4 Å². The van der Waals surface area contributed by atoms with E-state index in [1.807, 2.05) is 48.5 Å². The first-order valence-corrected chi connectivity index (χ1v) is 11.0. The Labute approximate surface area is 185 Å². The Bertz CT molecular complexity index is 1060. The first-order chi connectivity index (χ1) is 15.1. The normalized spacial score (nSPS) is 15.9. The van der Waals surface area contributed by atoms with Crippen LogP contribution in [0.5, 0.6) is 5.75 Å². The largest absolute Gasteiger partial charge is 0.497 e. The zero-order valence-electron chi connectivity index (χ0n) is 17.5. The van der Waals surface area contributed by atoms with E-state index in [1.165, 1.54) is 16.9 Å². The SMILES string of the molecule is CCc1ccc(N2CC(C(=O)Nc3nnc(Cc4ccc(OC)cc4)s3)CC2=O)cc1. The molecule has 1 aromatic heterocycles. The van der Waals surface area contributed by atoms with Crippen LogP contribution in [0.3, 0.4) is 0 Å². The van der Waals surface area contributed by atoms with Gasteiger partial charge in [0.05, 0.1) is 13.0 Å². The molecular weight excluding hydrogens is 412 g/mol. The van der Waals surface area contributed by atoms with Gasteiger partial charge in [0.1, 0.15) is 10.8 Å². The number of aromatic nitrogens is 2. The van der Waals surface area contributed by atoms with Gasteiger partial charge in [0, 0.05) is 25.1 Å². The van der Waals surface area contributed by atoms with E-state index in [2.05, 4.69) is 22.4 Å². The van der Waals surface area contributed by atoms with Crippen molar-refractivity contribution >= 4 is 34.0 Å². The van der Waals surface area contributed by atoms with Crippen LogP contribution >= 0.6 is 11.3 Å². The number of carbonyl (C=O) groups excluding carboxylic acids is 2. The van der Waals surface area contributed by atoms with Gasteiger partial charge in [-0.25, -0.2) is 0 Å². The van der Waals surface area contributed by atoms with Gasteiger partial charge < -0.3 is 15.0 Å². The zero-order valence-corrected chi connectivity index (χ0v) is 18.3. The van der Waals surface area contributed by atoms with Crippen molar-refractivity contribution in [2.45, 2.75) is 26.2 Å². The molecule has 1 unspecified atom stereocenters. The van der Waals surface area contributed by atoms with Crippen LogP contribution in [0, 0.1) is 5.92 Å². The Morgan fingerprint density at radius 2 is 1.84 bits per heavy atom. The molecule has 1 saturated heterocycles. The van der Waals surface area contributed by atoms with Crippen LogP contribution in [0.25, 0.3) is 0 Å². The maximum absolute atomic E-state index is 12.7. The topological polar surface area (TPSA) is 84.4 Å². The number of nitrogens with one attached hydrogen (secondary N) is 1. The molecule has 2 heterocycles. The average Bonchev–Trinajstić information content (AvgIpc) is 3.40. The highest BCUT2D eigenvalue weighted by atomic mass is 32.1. The molecule has 1 aliphatic rings. The highest BCUT2D eigenvalue weighted by molar-refractivity contribution is 7.15. The summed E-state index contributed by atoms with van der Waals surface area (Å²) in [5, 5.41) is 12.3. The molecule has 31 heavy (non-hydrogen) atoms. The number of carbonyl (C=O) groups is 2. The molecule has 160 valence electrons. The maximum Gasteiger partial charge on any atom is 0.231 e. The molecule has 1 atom stereocenters. The molecule has 0 radical (unpaired) electrons. The lowest BCUT2D eigenvalue weighted by Gasteiger charge is -2.17. The lowest BCUT2D eigenvalue weighted by molar-refractivity contribution is -0.122.